The average molecular weight is 511 g/mol. The van der Waals surface area contributed by atoms with Crippen LogP contribution < -0.4 is 5.73 Å². The van der Waals surface area contributed by atoms with Crippen LogP contribution in [-0.4, -0.2) is 33.4 Å². The van der Waals surface area contributed by atoms with Crippen LogP contribution >= 0.6 is 11.6 Å². The molecule has 0 bridgehead atoms. The topological polar surface area (TPSA) is 72.1 Å². The lowest BCUT2D eigenvalue weighted by atomic mass is 9.99. The molecule has 2 N–H and O–H groups in total. The van der Waals surface area contributed by atoms with Gasteiger partial charge in [-0.25, -0.2) is 18.7 Å². The van der Waals surface area contributed by atoms with Crippen LogP contribution in [0.15, 0.2) is 42.5 Å². The molecule has 35 heavy (non-hydrogen) atoms. The zero-order chi connectivity index (χ0) is 25.3. The zero-order valence-corrected chi connectivity index (χ0v) is 19.0. The quantitative estimate of drug-likeness (QED) is 0.494. The van der Waals surface area contributed by atoms with Gasteiger partial charge >= 0.3 is 6.18 Å². The maximum Gasteiger partial charge on any atom is 0.433 e. The summed E-state index contributed by atoms with van der Waals surface area (Å²) in [6.45, 7) is -0.124. The summed E-state index contributed by atoms with van der Waals surface area (Å²) < 4.78 is 68.6. The maximum atomic E-state index is 13.9. The lowest BCUT2D eigenvalue weighted by Crippen LogP contribution is -2.41. The second-order valence-corrected chi connectivity index (χ2v) is 8.73. The van der Waals surface area contributed by atoms with Gasteiger partial charge in [0.15, 0.2) is 11.5 Å². The highest BCUT2D eigenvalue weighted by molar-refractivity contribution is 6.30. The number of halogens is 6. The molecule has 0 aliphatic carbocycles. The van der Waals surface area contributed by atoms with E-state index >= 15 is 0 Å². The van der Waals surface area contributed by atoms with Crippen molar-refractivity contribution >= 4 is 17.5 Å². The number of nitrogens with two attached hydrogens (primary N) is 1. The first-order chi connectivity index (χ1) is 16.5. The van der Waals surface area contributed by atoms with Crippen LogP contribution in [0.2, 0.25) is 5.02 Å². The Kier molecular flexibility index (Phi) is 7.05. The second kappa shape index (κ2) is 9.87. The molecule has 11 heteroatoms. The van der Waals surface area contributed by atoms with E-state index in [0.717, 1.165) is 18.2 Å². The molecule has 0 saturated heterocycles. The Bertz CT molecular complexity index is 1250. The van der Waals surface area contributed by atoms with Gasteiger partial charge in [-0.05, 0) is 60.9 Å². The fourth-order valence-electron chi connectivity index (χ4n) is 4.01. The lowest BCUT2D eigenvalue weighted by Gasteiger charge is -2.30. The summed E-state index contributed by atoms with van der Waals surface area (Å²) in [7, 11) is 0. The normalized spacial score (nSPS) is 14.5. The highest BCUT2D eigenvalue weighted by atomic mass is 35.5. The molecule has 184 valence electrons. The predicted molar refractivity (Wildman–Crippen MR) is 119 cm³/mol. The van der Waals surface area contributed by atoms with E-state index in [1.165, 1.54) is 29.2 Å². The second-order valence-electron chi connectivity index (χ2n) is 8.30. The van der Waals surface area contributed by atoms with Crippen molar-refractivity contribution in [3.63, 3.8) is 0 Å². The van der Waals surface area contributed by atoms with E-state index in [4.69, 9.17) is 17.3 Å². The number of benzene rings is 2. The van der Waals surface area contributed by atoms with Crippen molar-refractivity contribution in [2.75, 3.05) is 6.54 Å². The fraction of sp³-hybridized carbons (Fsp3) is 0.292. The lowest BCUT2D eigenvalue weighted by molar-refractivity contribution is -0.142. The van der Waals surface area contributed by atoms with Gasteiger partial charge in [0.1, 0.15) is 11.6 Å². The predicted octanol–water partition coefficient (Wildman–Crippen LogP) is 4.94. The number of carbonyl (C=O) groups is 1. The van der Waals surface area contributed by atoms with Crippen LogP contribution in [-0.2, 0) is 30.4 Å². The Balaban J connectivity index is 1.55. The molecule has 2 heterocycles. The Labute approximate surface area is 202 Å². The molecule has 2 aromatic carbocycles. The Hall–Kier alpha value is -3.11. The number of fused-ring (bicyclic) bond motifs is 1. The van der Waals surface area contributed by atoms with Crippen molar-refractivity contribution < 1.29 is 26.7 Å². The van der Waals surface area contributed by atoms with Crippen LogP contribution in [0.1, 0.15) is 28.9 Å². The van der Waals surface area contributed by atoms with E-state index in [2.05, 4.69) is 9.97 Å². The van der Waals surface area contributed by atoms with Crippen molar-refractivity contribution in [3.05, 3.63) is 81.6 Å². The van der Waals surface area contributed by atoms with Gasteiger partial charge in [0.25, 0.3) is 0 Å². The van der Waals surface area contributed by atoms with E-state index in [0.29, 0.717) is 10.6 Å². The van der Waals surface area contributed by atoms with E-state index in [1.807, 2.05) is 0 Å². The maximum absolute atomic E-state index is 13.9. The molecule has 3 aromatic rings. The molecule has 1 atom stereocenters. The van der Waals surface area contributed by atoms with E-state index in [1.54, 1.807) is 0 Å². The molecule has 1 unspecified atom stereocenters. The Morgan fingerprint density at radius 2 is 1.83 bits per heavy atom. The minimum Gasteiger partial charge on any atom is -0.336 e. The summed E-state index contributed by atoms with van der Waals surface area (Å²) >= 11 is 5.87. The van der Waals surface area contributed by atoms with E-state index < -0.39 is 35.5 Å². The SMILES string of the molecule is NC(CC(=O)N1CCc2c(nc(-c3ccc(Cl)cc3)nc2C(F)(F)F)C1)Cc1cc(F)ccc1F. The standard InChI is InChI=1S/C24H20ClF5N4O/c25-15-3-1-13(2-4-15)23-32-20-12-34(8-7-18(20)22(33-23)24(28,29)30)21(35)11-17(31)10-14-9-16(26)5-6-19(14)27/h1-6,9,17H,7-8,10-12,31H2. The summed E-state index contributed by atoms with van der Waals surface area (Å²) in [6.07, 6.45) is -5.03. The number of nitrogens with zero attached hydrogens (tertiary/aromatic N) is 3. The summed E-state index contributed by atoms with van der Waals surface area (Å²) in [5, 5.41) is 0.411. The average Bonchev–Trinajstić information content (AvgIpc) is 2.80. The van der Waals surface area contributed by atoms with Gasteiger partial charge in [-0.1, -0.05) is 11.6 Å². The molecular weight excluding hydrogens is 491 g/mol. The van der Waals surface area contributed by atoms with E-state index in [9.17, 15) is 26.7 Å². The third-order valence-electron chi connectivity index (χ3n) is 5.72. The first-order valence-corrected chi connectivity index (χ1v) is 11.1. The van der Waals surface area contributed by atoms with Crippen LogP contribution in [0.5, 0.6) is 0 Å². The van der Waals surface area contributed by atoms with Gasteiger partial charge < -0.3 is 10.6 Å². The number of alkyl halides is 3. The van der Waals surface area contributed by atoms with Gasteiger partial charge in [0.05, 0.1) is 12.2 Å². The van der Waals surface area contributed by atoms with Crippen molar-refractivity contribution in [2.24, 2.45) is 5.73 Å². The zero-order valence-electron chi connectivity index (χ0n) is 18.2. The number of carbonyl (C=O) groups excluding carboxylic acids is 1. The Morgan fingerprint density at radius 1 is 1.11 bits per heavy atom. The highest BCUT2D eigenvalue weighted by Gasteiger charge is 2.39. The minimum absolute atomic E-state index is 0.0274. The van der Waals surface area contributed by atoms with Crippen molar-refractivity contribution in [1.29, 1.82) is 0 Å². The first kappa shape index (κ1) is 25.0. The van der Waals surface area contributed by atoms with Crippen LogP contribution in [0.3, 0.4) is 0 Å². The van der Waals surface area contributed by atoms with Gasteiger partial charge in [0, 0.05) is 35.2 Å². The van der Waals surface area contributed by atoms with Gasteiger partial charge in [0.2, 0.25) is 5.91 Å². The van der Waals surface area contributed by atoms with Gasteiger partial charge in [-0.3, -0.25) is 4.79 Å². The van der Waals surface area contributed by atoms with Crippen molar-refractivity contribution in [3.8, 4) is 11.4 Å². The number of hydrogen-bond donors (Lipinski definition) is 1. The van der Waals surface area contributed by atoms with Crippen LogP contribution in [0.4, 0.5) is 22.0 Å². The van der Waals surface area contributed by atoms with Crippen LogP contribution in [0.25, 0.3) is 11.4 Å². The summed E-state index contributed by atoms with van der Waals surface area (Å²) in [4.78, 5) is 22.3. The fourth-order valence-corrected chi connectivity index (χ4v) is 4.14. The molecule has 1 amide bonds. The van der Waals surface area contributed by atoms with Crippen molar-refractivity contribution in [1.82, 2.24) is 14.9 Å². The molecule has 4 rings (SSSR count). The smallest absolute Gasteiger partial charge is 0.336 e. The summed E-state index contributed by atoms with van der Waals surface area (Å²) in [5.41, 5.74) is 5.41. The highest BCUT2D eigenvalue weighted by Crippen LogP contribution is 2.35. The summed E-state index contributed by atoms with van der Waals surface area (Å²) in [6, 6.07) is 8.25. The molecule has 0 radical (unpaired) electrons. The summed E-state index contributed by atoms with van der Waals surface area (Å²) in [5.74, 6) is -1.79. The molecule has 0 saturated carbocycles. The van der Waals surface area contributed by atoms with Crippen LogP contribution in [0, 0.1) is 11.6 Å². The number of rotatable bonds is 5. The third kappa shape index (κ3) is 5.76. The molecule has 1 aromatic heterocycles. The largest absolute Gasteiger partial charge is 0.433 e. The van der Waals surface area contributed by atoms with Gasteiger partial charge in [-0.15, -0.1) is 0 Å². The molecule has 0 fully saturated rings. The third-order valence-corrected chi connectivity index (χ3v) is 5.97. The number of amides is 1. The molecule has 5 nitrogen and oxygen atoms in total. The Morgan fingerprint density at radius 3 is 2.51 bits per heavy atom. The molecule has 0 spiro atoms. The number of hydrogen-bond acceptors (Lipinski definition) is 4. The monoisotopic (exact) mass is 510 g/mol. The van der Waals surface area contributed by atoms with E-state index in [-0.39, 0.29) is 55.0 Å². The number of aromatic nitrogens is 2. The van der Waals surface area contributed by atoms with Gasteiger partial charge in [-0.2, -0.15) is 13.2 Å². The molecule has 1 aliphatic heterocycles. The molecule has 1 aliphatic rings. The first-order valence-electron chi connectivity index (χ1n) is 10.7. The van der Waals surface area contributed by atoms with Crippen molar-refractivity contribution in [2.45, 2.75) is 38.0 Å². The molecular formula is C24H20ClF5N4O. The minimum atomic E-state index is -4.70.